The molecule has 1 aromatic carbocycles. The lowest BCUT2D eigenvalue weighted by atomic mass is 10.2. The summed E-state index contributed by atoms with van der Waals surface area (Å²) in [6.07, 6.45) is -0.186. The third-order valence-corrected chi connectivity index (χ3v) is 2.53. The van der Waals surface area contributed by atoms with Gasteiger partial charge in [-0.25, -0.2) is 0 Å². The van der Waals surface area contributed by atoms with Crippen molar-refractivity contribution in [3.63, 3.8) is 0 Å². The van der Waals surface area contributed by atoms with Crippen molar-refractivity contribution in [1.82, 2.24) is 5.32 Å². The van der Waals surface area contributed by atoms with E-state index in [1.54, 1.807) is 24.3 Å². The molecule has 0 fully saturated rings. The molecule has 0 saturated carbocycles. The van der Waals surface area contributed by atoms with E-state index in [1.807, 2.05) is 6.07 Å². The Hall–Kier alpha value is -2.10. The minimum atomic E-state index is -0.597. The smallest absolute Gasteiger partial charge is 0.257 e. The third-order valence-electron chi connectivity index (χ3n) is 2.53. The van der Waals surface area contributed by atoms with E-state index in [1.165, 1.54) is 7.11 Å². The molecule has 1 atom stereocenters. The number of nitrogens with one attached hydrogen (secondary N) is 1. The van der Waals surface area contributed by atoms with Gasteiger partial charge in [0.1, 0.15) is 11.8 Å². The Morgan fingerprint density at radius 1 is 1.50 bits per heavy atom. The van der Waals surface area contributed by atoms with E-state index in [2.05, 4.69) is 5.32 Å². The molecule has 0 spiro atoms. The first kappa shape index (κ1) is 16.0. The predicted molar refractivity (Wildman–Crippen MR) is 72.2 cm³/mol. The number of methoxy groups -OCH3 is 1. The standard InChI is InChI=1S/C14H18N2O4/c1-19-9-12(17)6-7-16-14(18)10-20-13-5-3-2-4-11(13)8-15/h2-5,12,17H,6-7,9-10H2,1H3,(H,16,18). The molecule has 20 heavy (non-hydrogen) atoms. The molecule has 2 N–H and O–H groups in total. The van der Waals surface area contributed by atoms with Gasteiger partial charge in [0, 0.05) is 13.7 Å². The largest absolute Gasteiger partial charge is 0.482 e. The zero-order valence-electron chi connectivity index (χ0n) is 11.3. The van der Waals surface area contributed by atoms with E-state index in [0.29, 0.717) is 24.3 Å². The van der Waals surface area contributed by atoms with Crippen molar-refractivity contribution in [1.29, 1.82) is 5.26 Å². The maximum absolute atomic E-state index is 11.5. The number of benzene rings is 1. The number of ether oxygens (including phenoxy) is 2. The number of amides is 1. The topological polar surface area (TPSA) is 91.6 Å². The van der Waals surface area contributed by atoms with E-state index >= 15 is 0 Å². The maximum Gasteiger partial charge on any atom is 0.257 e. The summed E-state index contributed by atoms with van der Waals surface area (Å²) >= 11 is 0. The van der Waals surface area contributed by atoms with Crippen molar-refractivity contribution < 1.29 is 19.4 Å². The summed E-state index contributed by atoms with van der Waals surface area (Å²) < 4.78 is 10.0. The molecule has 6 nitrogen and oxygen atoms in total. The highest BCUT2D eigenvalue weighted by molar-refractivity contribution is 5.77. The lowest BCUT2D eigenvalue weighted by molar-refractivity contribution is -0.123. The molecule has 0 bridgehead atoms. The van der Waals surface area contributed by atoms with Gasteiger partial charge >= 0.3 is 0 Å². The Kier molecular flexibility index (Phi) is 7.11. The quantitative estimate of drug-likeness (QED) is 0.720. The summed E-state index contributed by atoms with van der Waals surface area (Å²) in [6, 6.07) is 8.70. The first-order valence-corrected chi connectivity index (χ1v) is 6.23. The van der Waals surface area contributed by atoms with Crippen molar-refractivity contribution >= 4 is 5.91 Å². The number of carbonyl (C=O) groups is 1. The van der Waals surface area contributed by atoms with Gasteiger partial charge in [0.25, 0.3) is 5.91 Å². The third kappa shape index (κ3) is 5.69. The van der Waals surface area contributed by atoms with Crippen LogP contribution in [0.4, 0.5) is 0 Å². The van der Waals surface area contributed by atoms with Crippen LogP contribution in [0.1, 0.15) is 12.0 Å². The van der Waals surface area contributed by atoms with Gasteiger partial charge in [-0.05, 0) is 18.6 Å². The number of para-hydroxylation sites is 1. The molecule has 1 aromatic rings. The number of rotatable bonds is 8. The van der Waals surface area contributed by atoms with Gasteiger partial charge in [-0.2, -0.15) is 5.26 Å². The molecule has 6 heteroatoms. The molecular formula is C14H18N2O4. The molecule has 0 saturated heterocycles. The van der Waals surface area contributed by atoms with Crippen LogP contribution in [0.5, 0.6) is 5.75 Å². The van der Waals surface area contributed by atoms with Crippen molar-refractivity contribution in [3.8, 4) is 11.8 Å². The van der Waals surface area contributed by atoms with Gasteiger partial charge in [0.05, 0.1) is 18.3 Å². The van der Waals surface area contributed by atoms with Gasteiger partial charge in [0.2, 0.25) is 0 Å². The average Bonchev–Trinajstić information content (AvgIpc) is 2.45. The second kappa shape index (κ2) is 8.91. The second-order valence-electron chi connectivity index (χ2n) is 4.14. The van der Waals surface area contributed by atoms with Gasteiger partial charge in [-0.15, -0.1) is 0 Å². The number of carbonyl (C=O) groups excluding carboxylic acids is 1. The summed E-state index contributed by atoms with van der Waals surface area (Å²) in [5, 5.41) is 20.9. The number of nitrogens with zero attached hydrogens (tertiary/aromatic N) is 1. The van der Waals surface area contributed by atoms with E-state index < -0.39 is 6.10 Å². The van der Waals surface area contributed by atoms with E-state index in [0.717, 1.165) is 0 Å². The fourth-order valence-electron chi connectivity index (χ4n) is 1.53. The van der Waals surface area contributed by atoms with Crippen LogP contribution in [0.15, 0.2) is 24.3 Å². The van der Waals surface area contributed by atoms with E-state index in [-0.39, 0.29) is 19.1 Å². The van der Waals surface area contributed by atoms with Crippen LogP contribution in [0.25, 0.3) is 0 Å². The zero-order chi connectivity index (χ0) is 14.8. The van der Waals surface area contributed by atoms with Crippen LogP contribution in [-0.2, 0) is 9.53 Å². The minimum absolute atomic E-state index is 0.168. The molecule has 0 aliphatic carbocycles. The molecule has 0 aliphatic rings. The summed E-state index contributed by atoms with van der Waals surface area (Å²) in [7, 11) is 1.50. The number of aliphatic hydroxyl groups is 1. The van der Waals surface area contributed by atoms with Gasteiger partial charge in [-0.1, -0.05) is 12.1 Å². The fourth-order valence-corrected chi connectivity index (χ4v) is 1.53. The van der Waals surface area contributed by atoms with Crippen LogP contribution in [-0.4, -0.2) is 44.0 Å². The van der Waals surface area contributed by atoms with Crippen LogP contribution >= 0.6 is 0 Å². The van der Waals surface area contributed by atoms with Gasteiger partial charge < -0.3 is 19.9 Å². The number of hydrogen-bond acceptors (Lipinski definition) is 5. The van der Waals surface area contributed by atoms with Crippen molar-refractivity contribution in [2.45, 2.75) is 12.5 Å². The second-order valence-corrected chi connectivity index (χ2v) is 4.14. The van der Waals surface area contributed by atoms with Crippen LogP contribution < -0.4 is 10.1 Å². The Morgan fingerprint density at radius 3 is 2.95 bits per heavy atom. The number of aliphatic hydroxyl groups excluding tert-OH is 1. The fraction of sp³-hybridized carbons (Fsp3) is 0.429. The zero-order valence-corrected chi connectivity index (χ0v) is 11.3. The maximum atomic E-state index is 11.5. The van der Waals surface area contributed by atoms with Crippen molar-refractivity contribution in [3.05, 3.63) is 29.8 Å². The first-order valence-electron chi connectivity index (χ1n) is 6.23. The van der Waals surface area contributed by atoms with Crippen LogP contribution in [0.2, 0.25) is 0 Å². The molecule has 1 unspecified atom stereocenters. The van der Waals surface area contributed by atoms with Gasteiger partial charge in [0.15, 0.2) is 6.61 Å². The number of nitriles is 1. The van der Waals surface area contributed by atoms with Crippen LogP contribution in [0.3, 0.4) is 0 Å². The highest BCUT2D eigenvalue weighted by Gasteiger charge is 2.07. The van der Waals surface area contributed by atoms with Crippen LogP contribution in [0, 0.1) is 11.3 Å². The Morgan fingerprint density at radius 2 is 2.25 bits per heavy atom. The highest BCUT2D eigenvalue weighted by Crippen LogP contribution is 2.15. The predicted octanol–water partition coefficient (Wildman–Crippen LogP) is 0.451. The molecule has 0 heterocycles. The summed E-state index contributed by atoms with van der Waals surface area (Å²) in [4.78, 5) is 11.5. The lowest BCUT2D eigenvalue weighted by Crippen LogP contribution is -2.32. The van der Waals surface area contributed by atoms with Gasteiger partial charge in [-0.3, -0.25) is 4.79 Å². The minimum Gasteiger partial charge on any atom is -0.482 e. The summed E-state index contributed by atoms with van der Waals surface area (Å²) in [5.41, 5.74) is 0.385. The highest BCUT2D eigenvalue weighted by atomic mass is 16.5. The monoisotopic (exact) mass is 278 g/mol. The summed E-state index contributed by atoms with van der Waals surface area (Å²) in [6.45, 7) is 0.410. The summed E-state index contributed by atoms with van der Waals surface area (Å²) in [5.74, 6) is 0.0759. The molecule has 0 aliphatic heterocycles. The Balaban J connectivity index is 2.28. The SMILES string of the molecule is COCC(O)CCNC(=O)COc1ccccc1C#N. The average molecular weight is 278 g/mol. The van der Waals surface area contributed by atoms with E-state index in [9.17, 15) is 9.90 Å². The van der Waals surface area contributed by atoms with Crippen molar-refractivity contribution in [2.75, 3.05) is 26.9 Å². The number of hydrogen-bond donors (Lipinski definition) is 2. The normalized spacial score (nSPS) is 11.4. The molecule has 0 aromatic heterocycles. The van der Waals surface area contributed by atoms with Crippen molar-refractivity contribution in [2.24, 2.45) is 0 Å². The first-order chi connectivity index (χ1) is 9.67. The Bertz CT molecular complexity index is 470. The molecular weight excluding hydrogens is 260 g/mol. The molecule has 1 amide bonds. The molecule has 0 radical (unpaired) electrons. The van der Waals surface area contributed by atoms with E-state index in [4.69, 9.17) is 14.7 Å². The lowest BCUT2D eigenvalue weighted by Gasteiger charge is -2.11. The molecule has 1 rings (SSSR count). The Labute approximate surface area is 117 Å². The molecule has 108 valence electrons.